The summed E-state index contributed by atoms with van der Waals surface area (Å²) in [5.74, 6) is -4.38. The van der Waals surface area contributed by atoms with Crippen LogP contribution in [-0.2, 0) is 14.6 Å². The van der Waals surface area contributed by atoms with Crippen LogP contribution in [0.15, 0.2) is 47.4 Å². The Balaban J connectivity index is 1.89. The number of rotatable bonds is 6. The average Bonchev–Trinajstić information content (AvgIpc) is 2.66. The number of carbonyl (C=O) groups is 2. The lowest BCUT2D eigenvalue weighted by molar-refractivity contribution is -0.123. The molecular formula is C18H18F2N2O5S. The quantitative estimate of drug-likeness (QED) is 0.708. The molecule has 7 nitrogen and oxygen atoms in total. The van der Waals surface area contributed by atoms with Crippen LogP contribution in [0, 0.1) is 13.8 Å². The van der Waals surface area contributed by atoms with Gasteiger partial charge in [0.15, 0.2) is 6.61 Å². The number of nitrogens with one attached hydrogen (secondary N) is 2. The van der Waals surface area contributed by atoms with E-state index in [1.165, 1.54) is 0 Å². The molecule has 2 amide bonds. The summed E-state index contributed by atoms with van der Waals surface area (Å²) < 4.78 is 53.0. The van der Waals surface area contributed by atoms with Gasteiger partial charge in [0, 0.05) is 5.56 Å². The molecule has 0 aliphatic carbocycles. The molecule has 0 aliphatic rings. The predicted octanol–water partition coefficient (Wildman–Crippen LogP) is 2.14. The van der Waals surface area contributed by atoms with Crippen LogP contribution in [0.25, 0.3) is 0 Å². The van der Waals surface area contributed by atoms with Gasteiger partial charge < -0.3 is 4.74 Å². The average molecular weight is 412 g/mol. The molecule has 0 radical (unpaired) electrons. The molecule has 0 saturated heterocycles. The molecule has 0 fully saturated rings. The number of hydrazine groups is 1. The molecule has 150 valence electrons. The highest BCUT2D eigenvalue weighted by atomic mass is 32.2. The lowest BCUT2D eigenvalue weighted by atomic mass is 10.1. The van der Waals surface area contributed by atoms with Crippen molar-refractivity contribution in [2.75, 3.05) is 6.61 Å². The lowest BCUT2D eigenvalue weighted by Gasteiger charge is -2.11. The van der Waals surface area contributed by atoms with Crippen molar-refractivity contribution in [1.29, 1.82) is 0 Å². The monoisotopic (exact) mass is 412 g/mol. The predicted molar refractivity (Wildman–Crippen MR) is 96.7 cm³/mol. The Morgan fingerprint density at radius 1 is 1.04 bits per heavy atom. The fraction of sp³-hybridized carbons (Fsp3) is 0.222. The first-order valence-electron chi connectivity index (χ1n) is 8.02. The number of carbonyl (C=O) groups excluding carboxylic acids is 2. The molecule has 2 aromatic carbocycles. The van der Waals surface area contributed by atoms with Gasteiger partial charge >= 0.3 is 5.76 Å². The normalized spacial score (nSPS) is 11.2. The van der Waals surface area contributed by atoms with E-state index < -0.39 is 32.3 Å². The number of benzene rings is 2. The summed E-state index contributed by atoms with van der Waals surface area (Å²) in [6.45, 7) is 3.37. The third kappa shape index (κ3) is 5.26. The Hall–Kier alpha value is -3.01. The van der Waals surface area contributed by atoms with Crippen LogP contribution >= 0.6 is 0 Å². The second-order valence-electron chi connectivity index (χ2n) is 5.89. The Kier molecular flexibility index (Phi) is 6.68. The van der Waals surface area contributed by atoms with Crippen LogP contribution in [0.1, 0.15) is 21.5 Å². The first kappa shape index (κ1) is 21.3. The van der Waals surface area contributed by atoms with Crippen molar-refractivity contribution >= 4 is 21.7 Å². The van der Waals surface area contributed by atoms with Crippen LogP contribution in [0.5, 0.6) is 5.75 Å². The maximum atomic E-state index is 12.5. The molecule has 0 unspecified atom stereocenters. The highest BCUT2D eigenvalue weighted by molar-refractivity contribution is 7.91. The van der Waals surface area contributed by atoms with Crippen LogP contribution in [0.3, 0.4) is 0 Å². The third-order valence-electron chi connectivity index (χ3n) is 3.70. The van der Waals surface area contributed by atoms with E-state index in [-0.39, 0.29) is 12.2 Å². The molecule has 0 heterocycles. The molecule has 0 aromatic heterocycles. The fourth-order valence-corrected chi connectivity index (χ4v) is 2.86. The lowest BCUT2D eigenvalue weighted by Crippen LogP contribution is -2.43. The summed E-state index contributed by atoms with van der Waals surface area (Å²) in [4.78, 5) is 23.1. The molecule has 2 aromatic rings. The van der Waals surface area contributed by atoms with E-state index in [1.807, 2.05) is 26.0 Å². The minimum absolute atomic E-state index is 0.0241. The van der Waals surface area contributed by atoms with Crippen molar-refractivity contribution in [3.63, 3.8) is 0 Å². The largest absolute Gasteiger partial charge is 0.483 e. The molecule has 0 atom stereocenters. The van der Waals surface area contributed by atoms with Gasteiger partial charge in [0.25, 0.3) is 11.8 Å². The molecule has 2 rings (SSSR count). The topological polar surface area (TPSA) is 102 Å². The second kappa shape index (κ2) is 8.79. The zero-order chi connectivity index (χ0) is 20.9. The molecule has 2 N–H and O–H groups in total. The number of sulfone groups is 1. The van der Waals surface area contributed by atoms with E-state index in [4.69, 9.17) is 4.74 Å². The number of halogens is 2. The smallest absolute Gasteiger partial charge is 0.341 e. The van der Waals surface area contributed by atoms with E-state index in [9.17, 15) is 26.8 Å². The summed E-state index contributed by atoms with van der Waals surface area (Å²) in [5, 5.41) is 0. The standard InChI is InChI=1S/C18H18F2N2O5S/c1-11-3-4-12(2)15(9-11)27-10-16(23)21-22-17(24)13-5-7-14(8-6-13)28(25,26)18(19)20/h3-9,18H,10H2,1-2H3,(H,21,23)(H,22,24). The Morgan fingerprint density at radius 3 is 2.29 bits per heavy atom. The van der Waals surface area contributed by atoms with E-state index in [1.54, 1.807) is 6.07 Å². The Bertz CT molecular complexity index is 976. The van der Waals surface area contributed by atoms with E-state index >= 15 is 0 Å². The van der Waals surface area contributed by atoms with Crippen molar-refractivity contribution < 1.29 is 31.5 Å². The van der Waals surface area contributed by atoms with E-state index in [0.29, 0.717) is 5.75 Å². The minimum atomic E-state index is -4.74. The third-order valence-corrected chi connectivity index (χ3v) is 5.10. The number of hydrogen-bond acceptors (Lipinski definition) is 5. The number of ether oxygens (including phenoxy) is 1. The number of hydrogen-bond donors (Lipinski definition) is 2. The second-order valence-corrected chi connectivity index (χ2v) is 7.81. The Labute approximate surface area is 160 Å². The van der Waals surface area contributed by atoms with E-state index in [2.05, 4.69) is 10.9 Å². The van der Waals surface area contributed by atoms with Crippen LogP contribution < -0.4 is 15.6 Å². The summed E-state index contributed by atoms with van der Waals surface area (Å²) >= 11 is 0. The number of alkyl halides is 2. The highest BCUT2D eigenvalue weighted by Crippen LogP contribution is 2.19. The summed E-state index contributed by atoms with van der Waals surface area (Å²) in [6, 6.07) is 9.43. The SMILES string of the molecule is Cc1ccc(C)c(OCC(=O)NNC(=O)c2ccc(S(=O)(=O)C(F)F)cc2)c1. The number of amides is 2. The first-order valence-corrected chi connectivity index (χ1v) is 9.57. The van der Waals surface area contributed by atoms with Crippen molar-refractivity contribution in [1.82, 2.24) is 10.9 Å². The maximum Gasteiger partial charge on any atom is 0.341 e. The van der Waals surface area contributed by atoms with Gasteiger partial charge in [-0.05, 0) is 55.3 Å². The molecule has 0 aliphatic heterocycles. The van der Waals surface area contributed by atoms with Gasteiger partial charge in [-0.2, -0.15) is 8.78 Å². The van der Waals surface area contributed by atoms with Gasteiger partial charge in [0.1, 0.15) is 5.75 Å². The zero-order valence-electron chi connectivity index (χ0n) is 15.0. The van der Waals surface area contributed by atoms with Gasteiger partial charge in [-0.25, -0.2) is 8.42 Å². The van der Waals surface area contributed by atoms with Gasteiger partial charge in [-0.15, -0.1) is 0 Å². The van der Waals surface area contributed by atoms with Crippen LogP contribution in [-0.4, -0.2) is 32.6 Å². The Morgan fingerprint density at radius 2 is 1.68 bits per heavy atom. The van der Waals surface area contributed by atoms with Crippen molar-refractivity contribution in [3.8, 4) is 5.75 Å². The van der Waals surface area contributed by atoms with E-state index in [0.717, 1.165) is 35.4 Å². The maximum absolute atomic E-state index is 12.5. The fourth-order valence-electron chi connectivity index (χ4n) is 2.14. The van der Waals surface area contributed by atoms with Crippen LogP contribution in [0.4, 0.5) is 8.78 Å². The molecular weight excluding hydrogens is 394 g/mol. The molecule has 0 spiro atoms. The van der Waals surface area contributed by atoms with Gasteiger partial charge in [0.2, 0.25) is 9.84 Å². The van der Waals surface area contributed by atoms with Crippen LogP contribution in [0.2, 0.25) is 0 Å². The highest BCUT2D eigenvalue weighted by Gasteiger charge is 2.26. The molecule has 0 saturated carbocycles. The number of aryl methyl sites for hydroxylation is 2. The summed E-state index contributed by atoms with van der Waals surface area (Å²) in [7, 11) is -4.74. The van der Waals surface area contributed by atoms with Crippen molar-refractivity contribution in [2.24, 2.45) is 0 Å². The molecule has 0 bridgehead atoms. The van der Waals surface area contributed by atoms with Gasteiger partial charge in [-0.3, -0.25) is 20.4 Å². The van der Waals surface area contributed by atoms with Gasteiger partial charge in [0.05, 0.1) is 4.90 Å². The first-order chi connectivity index (χ1) is 13.1. The summed E-state index contributed by atoms with van der Waals surface area (Å²) in [5.41, 5.74) is 6.06. The molecule has 10 heteroatoms. The zero-order valence-corrected chi connectivity index (χ0v) is 15.8. The summed E-state index contributed by atoms with van der Waals surface area (Å²) in [6.07, 6.45) is 0. The van der Waals surface area contributed by atoms with Crippen molar-refractivity contribution in [3.05, 3.63) is 59.2 Å². The minimum Gasteiger partial charge on any atom is -0.483 e. The van der Waals surface area contributed by atoms with Gasteiger partial charge in [-0.1, -0.05) is 12.1 Å². The van der Waals surface area contributed by atoms with Crippen molar-refractivity contribution in [2.45, 2.75) is 24.5 Å². The molecule has 28 heavy (non-hydrogen) atoms.